The highest BCUT2D eigenvalue weighted by atomic mass is 35.5. The van der Waals surface area contributed by atoms with Crippen molar-refractivity contribution in [3.63, 3.8) is 0 Å². The number of ether oxygens (including phenoxy) is 3. The average molecular weight is 554 g/mol. The standard InChI is InChI=1S/C27H24ClN3O6S/c1-4-37-23-11-12-25(26-20(23)6-5-13-29-26)38(33,34)31-21-10-9-19(28)14-17(21)7-8-18-16-30-22(27(32)36-3)15-24(18)35-2/h5-6,9-16,27,31-32H,4H2,1-3H3. The molecule has 2 N–H and O–H groups in total. The number of halogens is 1. The third-order valence-electron chi connectivity index (χ3n) is 5.42. The van der Waals surface area contributed by atoms with Crippen molar-refractivity contribution in [2.24, 2.45) is 0 Å². The molecule has 4 aromatic rings. The Morgan fingerprint density at radius 1 is 1.05 bits per heavy atom. The molecule has 0 aliphatic heterocycles. The first-order valence-electron chi connectivity index (χ1n) is 11.4. The van der Waals surface area contributed by atoms with E-state index in [9.17, 15) is 13.5 Å². The van der Waals surface area contributed by atoms with Gasteiger partial charge in [0, 0.05) is 36.0 Å². The number of nitrogens with zero attached hydrogens (tertiary/aromatic N) is 2. The third kappa shape index (κ3) is 5.82. The summed E-state index contributed by atoms with van der Waals surface area (Å²) in [6, 6.07) is 12.7. The molecule has 11 heteroatoms. The average Bonchev–Trinajstić information content (AvgIpc) is 2.92. The maximum Gasteiger partial charge on any atom is 0.264 e. The summed E-state index contributed by atoms with van der Waals surface area (Å²) in [5.74, 6) is 6.76. The molecule has 4 rings (SSSR count). The second kappa shape index (κ2) is 11.7. The van der Waals surface area contributed by atoms with Gasteiger partial charge in [0.25, 0.3) is 10.0 Å². The zero-order valence-corrected chi connectivity index (χ0v) is 22.3. The molecule has 0 saturated heterocycles. The van der Waals surface area contributed by atoms with Crippen molar-refractivity contribution in [2.45, 2.75) is 18.1 Å². The summed E-state index contributed by atoms with van der Waals surface area (Å²) in [5.41, 5.74) is 1.49. The highest BCUT2D eigenvalue weighted by Gasteiger charge is 2.21. The zero-order valence-electron chi connectivity index (χ0n) is 20.7. The van der Waals surface area contributed by atoms with Crippen LogP contribution in [-0.4, -0.2) is 44.3 Å². The van der Waals surface area contributed by atoms with Crippen LogP contribution in [0.1, 0.15) is 30.0 Å². The molecule has 2 aromatic carbocycles. The fraction of sp³-hybridized carbons (Fsp3) is 0.185. The Kier molecular flexibility index (Phi) is 8.34. The van der Waals surface area contributed by atoms with Crippen molar-refractivity contribution in [1.29, 1.82) is 0 Å². The molecule has 0 aliphatic carbocycles. The molecule has 2 heterocycles. The van der Waals surface area contributed by atoms with Crippen LogP contribution in [0.3, 0.4) is 0 Å². The number of benzene rings is 2. The Hall–Kier alpha value is -3.88. The molecule has 0 radical (unpaired) electrons. The number of pyridine rings is 2. The minimum absolute atomic E-state index is 0.0106. The number of rotatable bonds is 8. The second-order valence-electron chi connectivity index (χ2n) is 7.84. The topological polar surface area (TPSA) is 120 Å². The van der Waals surface area contributed by atoms with Crippen LogP contribution in [0.25, 0.3) is 10.9 Å². The Labute approximate surface area is 225 Å². The minimum atomic E-state index is -4.08. The molecule has 0 aliphatic rings. The molecule has 1 atom stereocenters. The Balaban J connectivity index is 1.73. The molecule has 0 fully saturated rings. The van der Waals surface area contributed by atoms with Gasteiger partial charge in [0.1, 0.15) is 16.4 Å². The maximum absolute atomic E-state index is 13.5. The Morgan fingerprint density at radius 3 is 2.58 bits per heavy atom. The fourth-order valence-electron chi connectivity index (χ4n) is 3.63. The number of hydrogen-bond donors (Lipinski definition) is 2. The lowest BCUT2D eigenvalue weighted by molar-refractivity contribution is -0.0799. The van der Waals surface area contributed by atoms with E-state index < -0.39 is 16.3 Å². The lowest BCUT2D eigenvalue weighted by Gasteiger charge is -2.14. The molecule has 0 amide bonds. The van der Waals surface area contributed by atoms with Gasteiger partial charge in [-0.15, -0.1) is 0 Å². The fourth-order valence-corrected chi connectivity index (χ4v) is 5.05. The van der Waals surface area contributed by atoms with Crippen molar-refractivity contribution in [2.75, 3.05) is 25.5 Å². The number of nitrogens with one attached hydrogen (secondary N) is 1. The first-order chi connectivity index (χ1) is 18.3. The van der Waals surface area contributed by atoms with E-state index in [1.54, 1.807) is 30.3 Å². The van der Waals surface area contributed by atoms with Gasteiger partial charge in [-0.25, -0.2) is 8.42 Å². The summed E-state index contributed by atoms with van der Waals surface area (Å²) in [6.45, 7) is 2.28. The van der Waals surface area contributed by atoms with Crippen molar-refractivity contribution in [3.05, 3.63) is 82.8 Å². The predicted molar refractivity (Wildman–Crippen MR) is 144 cm³/mol. The van der Waals surface area contributed by atoms with Gasteiger partial charge < -0.3 is 19.3 Å². The van der Waals surface area contributed by atoms with E-state index in [0.717, 1.165) is 0 Å². The smallest absolute Gasteiger partial charge is 0.264 e. The molecule has 38 heavy (non-hydrogen) atoms. The summed E-state index contributed by atoms with van der Waals surface area (Å²) in [7, 11) is -1.27. The molecular formula is C27H24ClN3O6S. The molecule has 2 aromatic heterocycles. The number of anilines is 1. The zero-order chi connectivity index (χ0) is 27.3. The highest BCUT2D eigenvalue weighted by Crippen LogP contribution is 2.31. The number of hydrogen-bond acceptors (Lipinski definition) is 8. The minimum Gasteiger partial charge on any atom is -0.495 e. The van der Waals surface area contributed by atoms with E-state index in [0.29, 0.717) is 39.6 Å². The van der Waals surface area contributed by atoms with Crippen molar-refractivity contribution >= 4 is 38.2 Å². The van der Waals surface area contributed by atoms with Crippen LogP contribution in [0.4, 0.5) is 5.69 Å². The van der Waals surface area contributed by atoms with Crippen LogP contribution < -0.4 is 14.2 Å². The van der Waals surface area contributed by atoms with Crippen LogP contribution in [0.2, 0.25) is 5.02 Å². The van der Waals surface area contributed by atoms with Gasteiger partial charge in [-0.3, -0.25) is 14.7 Å². The van der Waals surface area contributed by atoms with Gasteiger partial charge in [0.05, 0.1) is 41.7 Å². The molecule has 1 unspecified atom stereocenters. The van der Waals surface area contributed by atoms with E-state index in [1.165, 1.54) is 44.8 Å². The molecule has 0 bridgehead atoms. The van der Waals surface area contributed by atoms with E-state index >= 15 is 0 Å². The van der Waals surface area contributed by atoms with Crippen LogP contribution in [0, 0.1) is 11.8 Å². The number of methoxy groups -OCH3 is 2. The normalized spacial score (nSPS) is 11.9. The van der Waals surface area contributed by atoms with Gasteiger partial charge in [0.15, 0.2) is 6.29 Å². The lowest BCUT2D eigenvalue weighted by Crippen LogP contribution is -2.15. The van der Waals surface area contributed by atoms with Crippen molar-refractivity contribution in [3.8, 4) is 23.3 Å². The molecule has 196 valence electrons. The highest BCUT2D eigenvalue weighted by molar-refractivity contribution is 7.93. The molecule has 9 nitrogen and oxygen atoms in total. The summed E-state index contributed by atoms with van der Waals surface area (Å²) in [6.07, 6.45) is 1.73. The number of aliphatic hydroxyl groups is 1. The lowest BCUT2D eigenvalue weighted by atomic mass is 10.1. The Bertz CT molecular complexity index is 1650. The monoisotopic (exact) mass is 553 g/mol. The van der Waals surface area contributed by atoms with E-state index in [-0.39, 0.29) is 21.8 Å². The third-order valence-corrected chi connectivity index (χ3v) is 7.06. The van der Waals surface area contributed by atoms with Crippen LogP contribution >= 0.6 is 11.6 Å². The van der Waals surface area contributed by atoms with Gasteiger partial charge in [-0.2, -0.15) is 0 Å². The van der Waals surface area contributed by atoms with E-state index in [2.05, 4.69) is 26.5 Å². The summed E-state index contributed by atoms with van der Waals surface area (Å²) >= 11 is 6.19. The van der Waals surface area contributed by atoms with Crippen LogP contribution in [-0.2, 0) is 14.8 Å². The summed E-state index contributed by atoms with van der Waals surface area (Å²) in [5, 5.41) is 10.8. The van der Waals surface area contributed by atoms with Gasteiger partial charge >= 0.3 is 0 Å². The quantitative estimate of drug-likeness (QED) is 0.241. The number of aromatic nitrogens is 2. The van der Waals surface area contributed by atoms with E-state index in [1.807, 2.05) is 6.92 Å². The van der Waals surface area contributed by atoms with E-state index in [4.69, 9.17) is 25.8 Å². The number of aliphatic hydroxyl groups excluding tert-OH is 1. The molecule has 0 spiro atoms. The van der Waals surface area contributed by atoms with Crippen molar-refractivity contribution < 1.29 is 27.7 Å². The van der Waals surface area contributed by atoms with Gasteiger partial charge in [-0.05, 0) is 49.4 Å². The summed E-state index contributed by atoms with van der Waals surface area (Å²) in [4.78, 5) is 8.43. The largest absolute Gasteiger partial charge is 0.495 e. The van der Waals surface area contributed by atoms with Crippen LogP contribution in [0.15, 0.2) is 65.8 Å². The SMILES string of the molecule is CCOc1ccc(S(=O)(=O)Nc2ccc(Cl)cc2C#Cc2cnc(C(O)OC)cc2OC)c2ncccc12. The second-order valence-corrected chi connectivity index (χ2v) is 9.92. The van der Waals surface area contributed by atoms with Crippen molar-refractivity contribution in [1.82, 2.24) is 9.97 Å². The molecular weight excluding hydrogens is 530 g/mol. The van der Waals surface area contributed by atoms with Gasteiger partial charge in [0.2, 0.25) is 0 Å². The van der Waals surface area contributed by atoms with Crippen LogP contribution in [0.5, 0.6) is 11.5 Å². The predicted octanol–water partition coefficient (Wildman–Crippen LogP) is 4.53. The number of sulfonamides is 1. The first-order valence-corrected chi connectivity index (χ1v) is 13.2. The summed E-state index contributed by atoms with van der Waals surface area (Å²) < 4.78 is 45.5. The first kappa shape index (κ1) is 27.2. The Morgan fingerprint density at radius 2 is 1.84 bits per heavy atom. The maximum atomic E-state index is 13.5. The number of fused-ring (bicyclic) bond motifs is 1. The van der Waals surface area contributed by atoms with Gasteiger partial charge in [-0.1, -0.05) is 23.4 Å². The molecule has 0 saturated carbocycles.